The minimum absolute atomic E-state index is 0.100. The Morgan fingerprint density at radius 3 is 2.28 bits per heavy atom. The van der Waals surface area contributed by atoms with Gasteiger partial charge in [0.05, 0.1) is 17.9 Å². The average Bonchev–Trinajstić information content (AvgIpc) is 2.84. The number of cyclic esters (lactones) is 1. The summed E-state index contributed by atoms with van der Waals surface area (Å²) < 4.78 is 18.5. The number of benzene rings is 2. The Labute approximate surface area is 188 Å². The molecule has 1 saturated heterocycles. The number of hydrogen-bond acceptors (Lipinski definition) is 4. The van der Waals surface area contributed by atoms with Crippen LogP contribution in [0.15, 0.2) is 79.0 Å². The maximum atomic E-state index is 13.0. The monoisotopic (exact) mass is 436 g/mol. The number of aromatic nitrogens is 1. The smallest absolute Gasteiger partial charge is 0.410 e. The van der Waals surface area contributed by atoms with Crippen molar-refractivity contribution in [2.75, 3.05) is 13.2 Å². The normalized spacial score (nSPS) is 16.5. The van der Waals surface area contributed by atoms with E-state index in [1.807, 2.05) is 67.6 Å². The maximum Gasteiger partial charge on any atom is 0.410 e. The Balaban J connectivity index is 0.000000416. The molecule has 2 atom stereocenters. The highest BCUT2D eigenvalue weighted by atomic mass is 19.1. The number of ether oxygens (including phenoxy) is 1. The highest BCUT2D eigenvalue weighted by Gasteiger charge is 2.30. The molecule has 0 bridgehead atoms. The third-order valence-corrected chi connectivity index (χ3v) is 5.43. The summed E-state index contributed by atoms with van der Waals surface area (Å²) in [7, 11) is 0. The topological polar surface area (TPSA) is 62.7 Å². The van der Waals surface area contributed by atoms with E-state index in [2.05, 4.69) is 4.98 Å². The van der Waals surface area contributed by atoms with Crippen LogP contribution in [0.4, 0.5) is 9.18 Å². The number of nitrogens with zero attached hydrogens (tertiary/aromatic N) is 2. The number of hydrogen-bond donors (Lipinski definition) is 1. The second kappa shape index (κ2) is 12.0. The molecule has 1 aliphatic heterocycles. The van der Waals surface area contributed by atoms with Crippen molar-refractivity contribution < 1.29 is 19.0 Å². The van der Waals surface area contributed by atoms with Gasteiger partial charge in [-0.15, -0.1) is 0 Å². The number of amides is 1. The van der Waals surface area contributed by atoms with Crippen LogP contribution in [0.3, 0.4) is 0 Å². The van der Waals surface area contributed by atoms with E-state index in [9.17, 15) is 9.18 Å². The summed E-state index contributed by atoms with van der Waals surface area (Å²) in [5.74, 6) is -0.361. The Kier molecular flexibility index (Phi) is 8.75. The molecular weight excluding hydrogens is 407 g/mol. The molecule has 5 nitrogen and oxygen atoms in total. The molecule has 6 heteroatoms. The molecule has 4 rings (SSSR count). The molecule has 1 N–H and O–H groups in total. The lowest BCUT2D eigenvalue weighted by Gasteiger charge is -2.35. The number of halogens is 1. The van der Waals surface area contributed by atoms with Crippen LogP contribution in [0, 0.1) is 5.82 Å². The van der Waals surface area contributed by atoms with Gasteiger partial charge in [-0.25, -0.2) is 9.18 Å². The SMILES string of the molecule is CC(c1ccc(-c2ccc(F)cn2)cc1)N1CCC(CCCO)OC1=O.c1ccccc1. The molecule has 1 amide bonds. The molecule has 1 aliphatic rings. The average molecular weight is 437 g/mol. The van der Waals surface area contributed by atoms with Crippen molar-refractivity contribution in [2.45, 2.75) is 38.3 Å². The quantitative estimate of drug-likeness (QED) is 0.545. The summed E-state index contributed by atoms with van der Waals surface area (Å²) >= 11 is 0. The van der Waals surface area contributed by atoms with Crippen LogP contribution in [0.2, 0.25) is 0 Å². The van der Waals surface area contributed by atoms with Gasteiger partial charge in [-0.3, -0.25) is 4.98 Å². The molecule has 2 unspecified atom stereocenters. The van der Waals surface area contributed by atoms with Gasteiger partial charge in [0.2, 0.25) is 0 Å². The summed E-state index contributed by atoms with van der Waals surface area (Å²) in [5.41, 5.74) is 2.60. The molecule has 0 aliphatic carbocycles. The maximum absolute atomic E-state index is 13.0. The van der Waals surface area contributed by atoms with E-state index in [1.165, 1.54) is 12.3 Å². The summed E-state index contributed by atoms with van der Waals surface area (Å²) in [5, 5.41) is 8.90. The van der Waals surface area contributed by atoms with Crippen molar-refractivity contribution in [3.8, 4) is 11.3 Å². The number of rotatable bonds is 6. The zero-order chi connectivity index (χ0) is 22.8. The molecule has 0 spiro atoms. The van der Waals surface area contributed by atoms with Gasteiger partial charge in [-0.2, -0.15) is 0 Å². The van der Waals surface area contributed by atoms with Crippen LogP contribution in [-0.2, 0) is 4.74 Å². The van der Waals surface area contributed by atoms with Crippen LogP contribution in [-0.4, -0.2) is 40.3 Å². The van der Waals surface area contributed by atoms with E-state index >= 15 is 0 Å². The van der Waals surface area contributed by atoms with Crippen molar-refractivity contribution in [2.24, 2.45) is 0 Å². The zero-order valence-corrected chi connectivity index (χ0v) is 18.2. The zero-order valence-electron chi connectivity index (χ0n) is 18.2. The van der Waals surface area contributed by atoms with Gasteiger partial charge in [0, 0.05) is 25.1 Å². The first kappa shape index (κ1) is 23.4. The van der Waals surface area contributed by atoms with Crippen LogP contribution < -0.4 is 0 Å². The fraction of sp³-hybridized carbons (Fsp3) is 0.308. The predicted molar refractivity (Wildman–Crippen MR) is 122 cm³/mol. The summed E-state index contributed by atoms with van der Waals surface area (Å²) in [4.78, 5) is 18.1. The van der Waals surface area contributed by atoms with E-state index in [0.717, 1.165) is 17.5 Å². The first-order valence-electron chi connectivity index (χ1n) is 10.9. The molecule has 3 aromatic rings. The Morgan fingerprint density at radius 2 is 1.75 bits per heavy atom. The molecule has 1 fully saturated rings. The fourth-order valence-electron chi connectivity index (χ4n) is 3.56. The summed E-state index contributed by atoms with van der Waals surface area (Å²) in [6.07, 6.45) is 2.90. The van der Waals surface area contributed by atoms with Gasteiger partial charge in [0.1, 0.15) is 11.9 Å². The Bertz CT molecular complexity index is 922. The largest absolute Gasteiger partial charge is 0.446 e. The van der Waals surface area contributed by atoms with Crippen LogP contribution in [0.1, 0.15) is 37.8 Å². The van der Waals surface area contributed by atoms with Gasteiger partial charge < -0.3 is 14.7 Å². The lowest BCUT2D eigenvalue weighted by Crippen LogP contribution is -2.43. The molecule has 0 radical (unpaired) electrons. The van der Waals surface area contributed by atoms with E-state index in [0.29, 0.717) is 25.1 Å². The number of carbonyl (C=O) groups is 1. The van der Waals surface area contributed by atoms with Crippen LogP contribution in [0.25, 0.3) is 11.3 Å². The molecule has 32 heavy (non-hydrogen) atoms. The molecule has 0 saturated carbocycles. The third-order valence-electron chi connectivity index (χ3n) is 5.43. The molecule has 2 heterocycles. The Morgan fingerprint density at radius 1 is 1.09 bits per heavy atom. The van der Waals surface area contributed by atoms with Crippen molar-refractivity contribution in [1.29, 1.82) is 0 Å². The summed E-state index contributed by atoms with van der Waals surface area (Å²) in [6, 6.07) is 22.7. The van der Waals surface area contributed by atoms with Crippen molar-refractivity contribution in [3.05, 3.63) is 90.4 Å². The molecule has 168 valence electrons. The highest BCUT2D eigenvalue weighted by molar-refractivity contribution is 5.69. The summed E-state index contributed by atoms with van der Waals surface area (Å²) in [6.45, 7) is 2.72. The van der Waals surface area contributed by atoms with Crippen molar-refractivity contribution >= 4 is 6.09 Å². The number of aliphatic hydroxyl groups excluding tert-OH is 1. The van der Waals surface area contributed by atoms with E-state index in [1.54, 1.807) is 11.0 Å². The van der Waals surface area contributed by atoms with Crippen LogP contribution in [0.5, 0.6) is 0 Å². The van der Waals surface area contributed by atoms with Gasteiger partial charge >= 0.3 is 6.09 Å². The predicted octanol–water partition coefficient (Wildman–Crippen LogP) is 5.62. The van der Waals surface area contributed by atoms with Crippen LogP contribution >= 0.6 is 0 Å². The number of pyridine rings is 1. The second-order valence-electron chi connectivity index (χ2n) is 7.67. The minimum Gasteiger partial charge on any atom is -0.446 e. The lowest BCUT2D eigenvalue weighted by atomic mass is 10.0. The fourth-order valence-corrected chi connectivity index (χ4v) is 3.56. The Hall–Kier alpha value is -3.25. The molecular formula is C26H29FN2O3. The van der Waals surface area contributed by atoms with Crippen molar-refractivity contribution in [1.82, 2.24) is 9.88 Å². The van der Waals surface area contributed by atoms with Gasteiger partial charge in [-0.05, 0) is 37.5 Å². The molecule has 1 aromatic heterocycles. The second-order valence-corrected chi connectivity index (χ2v) is 7.67. The van der Waals surface area contributed by atoms with Gasteiger partial charge in [-0.1, -0.05) is 60.7 Å². The molecule has 2 aromatic carbocycles. The van der Waals surface area contributed by atoms with E-state index in [-0.39, 0.29) is 30.7 Å². The lowest BCUT2D eigenvalue weighted by molar-refractivity contribution is 0.00760. The van der Waals surface area contributed by atoms with Gasteiger partial charge in [0.25, 0.3) is 0 Å². The van der Waals surface area contributed by atoms with Crippen molar-refractivity contribution in [3.63, 3.8) is 0 Å². The first-order chi connectivity index (χ1) is 15.6. The first-order valence-corrected chi connectivity index (χ1v) is 10.9. The number of aliphatic hydroxyl groups is 1. The third kappa shape index (κ3) is 6.62. The minimum atomic E-state index is -0.361. The number of carbonyl (C=O) groups excluding carboxylic acids is 1. The standard InChI is InChI=1S/C20H23FN2O3.C6H6/c1-14(23-11-10-18(3-2-12-24)26-20(23)25)15-4-6-16(7-5-15)19-9-8-17(21)13-22-19;1-2-4-6-5-3-1/h4-9,13-14,18,24H,2-3,10-12H2,1H3;1-6H. The highest BCUT2D eigenvalue weighted by Crippen LogP contribution is 2.28. The van der Waals surface area contributed by atoms with E-state index in [4.69, 9.17) is 9.84 Å². The van der Waals surface area contributed by atoms with E-state index < -0.39 is 0 Å². The van der Waals surface area contributed by atoms with Gasteiger partial charge in [0.15, 0.2) is 0 Å².